The van der Waals surface area contributed by atoms with Crippen molar-refractivity contribution in [1.29, 1.82) is 10.5 Å². The molecule has 0 saturated carbocycles. The van der Waals surface area contributed by atoms with Crippen molar-refractivity contribution < 1.29 is 4.79 Å². The molecule has 0 aliphatic carbocycles. The summed E-state index contributed by atoms with van der Waals surface area (Å²) in [4.78, 5) is 16.0. The monoisotopic (exact) mass is 326 g/mol. The van der Waals surface area contributed by atoms with Crippen molar-refractivity contribution in [1.82, 2.24) is 4.98 Å². The summed E-state index contributed by atoms with van der Waals surface area (Å²) in [6.07, 6.45) is 1.51. The van der Waals surface area contributed by atoms with E-state index in [4.69, 9.17) is 10.5 Å². The van der Waals surface area contributed by atoms with Gasteiger partial charge in [0.05, 0.1) is 11.1 Å². The summed E-state index contributed by atoms with van der Waals surface area (Å²) in [7, 11) is 0. The van der Waals surface area contributed by atoms with Crippen molar-refractivity contribution in [3.8, 4) is 12.1 Å². The molecule has 0 atom stereocenters. The van der Waals surface area contributed by atoms with Crippen LogP contribution >= 0.6 is 15.9 Å². The first-order valence-corrected chi connectivity index (χ1v) is 6.31. The molecular weight excluding hydrogens is 320 g/mol. The standard InChI is InChI=1S/C14H7BrN4O/c15-12-2-1-5-18-13(12)14(20)19-11-4-3-9(7-16)10(6-11)8-17/h1-6H,(H,19,20). The predicted octanol–water partition coefficient (Wildman–Crippen LogP) is 2.84. The molecule has 0 aliphatic rings. The number of carbonyl (C=O) groups excluding carboxylic acids is 1. The van der Waals surface area contributed by atoms with E-state index in [2.05, 4.69) is 26.2 Å². The lowest BCUT2D eigenvalue weighted by atomic mass is 10.1. The van der Waals surface area contributed by atoms with E-state index in [0.29, 0.717) is 10.2 Å². The first-order valence-electron chi connectivity index (χ1n) is 5.52. The molecule has 20 heavy (non-hydrogen) atoms. The van der Waals surface area contributed by atoms with Crippen LogP contribution in [0, 0.1) is 22.7 Å². The van der Waals surface area contributed by atoms with Crippen molar-refractivity contribution in [2.24, 2.45) is 0 Å². The van der Waals surface area contributed by atoms with Crippen LogP contribution < -0.4 is 5.32 Å². The average Bonchev–Trinajstić information content (AvgIpc) is 2.47. The van der Waals surface area contributed by atoms with Crippen LogP contribution in [0.3, 0.4) is 0 Å². The number of halogens is 1. The second kappa shape index (κ2) is 5.96. The molecule has 6 heteroatoms. The molecule has 0 saturated heterocycles. The Labute approximate surface area is 123 Å². The van der Waals surface area contributed by atoms with E-state index in [-0.39, 0.29) is 16.8 Å². The molecular formula is C14H7BrN4O. The Balaban J connectivity index is 2.28. The number of anilines is 1. The average molecular weight is 327 g/mol. The summed E-state index contributed by atoms with van der Waals surface area (Å²) in [6.45, 7) is 0. The van der Waals surface area contributed by atoms with E-state index in [1.54, 1.807) is 18.2 Å². The SMILES string of the molecule is N#Cc1ccc(NC(=O)c2ncccc2Br)cc1C#N. The minimum Gasteiger partial charge on any atom is -0.321 e. The topological polar surface area (TPSA) is 89.6 Å². The lowest BCUT2D eigenvalue weighted by Gasteiger charge is -2.06. The van der Waals surface area contributed by atoms with Gasteiger partial charge in [-0.25, -0.2) is 4.98 Å². The number of carbonyl (C=O) groups is 1. The first-order chi connectivity index (χ1) is 9.65. The first kappa shape index (κ1) is 13.7. The van der Waals surface area contributed by atoms with Gasteiger partial charge >= 0.3 is 0 Å². The number of benzene rings is 1. The zero-order chi connectivity index (χ0) is 14.5. The molecule has 0 spiro atoms. The number of amides is 1. The van der Waals surface area contributed by atoms with Gasteiger partial charge in [0.15, 0.2) is 0 Å². The lowest BCUT2D eigenvalue weighted by molar-refractivity contribution is 0.102. The molecule has 1 heterocycles. The number of nitriles is 2. The molecule has 0 aliphatic heterocycles. The highest BCUT2D eigenvalue weighted by molar-refractivity contribution is 9.10. The maximum atomic E-state index is 12.0. The maximum Gasteiger partial charge on any atom is 0.275 e. The van der Waals surface area contributed by atoms with Crippen LogP contribution in [0.1, 0.15) is 21.6 Å². The third-order valence-electron chi connectivity index (χ3n) is 2.49. The molecule has 2 aromatic rings. The fourth-order valence-electron chi connectivity index (χ4n) is 1.56. The number of hydrogen-bond acceptors (Lipinski definition) is 4. The second-order valence-electron chi connectivity index (χ2n) is 3.77. The summed E-state index contributed by atoms with van der Waals surface area (Å²) in [5.41, 5.74) is 1.16. The number of nitrogens with zero attached hydrogens (tertiary/aromatic N) is 3. The number of hydrogen-bond donors (Lipinski definition) is 1. The zero-order valence-corrected chi connectivity index (χ0v) is 11.7. The number of pyridine rings is 1. The summed E-state index contributed by atoms with van der Waals surface area (Å²) in [5.74, 6) is -0.397. The van der Waals surface area contributed by atoms with Gasteiger partial charge in [0.2, 0.25) is 0 Å². The van der Waals surface area contributed by atoms with Gasteiger partial charge in [-0.2, -0.15) is 10.5 Å². The van der Waals surface area contributed by atoms with Gasteiger partial charge in [0.1, 0.15) is 17.8 Å². The molecule has 2 rings (SSSR count). The summed E-state index contributed by atoms with van der Waals surface area (Å²) >= 11 is 3.24. The molecule has 0 unspecified atom stereocenters. The quantitative estimate of drug-likeness (QED) is 0.918. The van der Waals surface area contributed by atoms with Crippen LogP contribution in [0.4, 0.5) is 5.69 Å². The molecule has 5 nitrogen and oxygen atoms in total. The van der Waals surface area contributed by atoms with Gasteiger partial charge in [-0.15, -0.1) is 0 Å². The fourth-order valence-corrected chi connectivity index (χ4v) is 1.99. The Morgan fingerprint density at radius 2 is 1.95 bits per heavy atom. The van der Waals surface area contributed by atoms with E-state index in [0.717, 1.165) is 0 Å². The highest BCUT2D eigenvalue weighted by atomic mass is 79.9. The number of rotatable bonds is 2. The minimum atomic E-state index is -0.397. The predicted molar refractivity (Wildman–Crippen MR) is 75.8 cm³/mol. The molecule has 1 aromatic heterocycles. The third-order valence-corrected chi connectivity index (χ3v) is 3.13. The Morgan fingerprint density at radius 3 is 2.60 bits per heavy atom. The molecule has 1 amide bonds. The van der Waals surface area contributed by atoms with Crippen LogP contribution in [0.2, 0.25) is 0 Å². The molecule has 0 fully saturated rings. The third kappa shape index (κ3) is 2.82. The van der Waals surface area contributed by atoms with Crippen LogP contribution in [-0.2, 0) is 0 Å². The van der Waals surface area contributed by atoms with E-state index in [1.165, 1.54) is 18.3 Å². The minimum absolute atomic E-state index is 0.213. The summed E-state index contributed by atoms with van der Waals surface area (Å²) < 4.78 is 0.576. The smallest absolute Gasteiger partial charge is 0.275 e. The molecule has 1 N–H and O–H groups in total. The van der Waals surface area contributed by atoms with Crippen molar-refractivity contribution in [3.63, 3.8) is 0 Å². The molecule has 0 bridgehead atoms. The van der Waals surface area contributed by atoms with Crippen LogP contribution in [0.25, 0.3) is 0 Å². The van der Waals surface area contributed by atoms with Crippen molar-refractivity contribution in [2.75, 3.05) is 5.32 Å². The highest BCUT2D eigenvalue weighted by Gasteiger charge is 2.12. The highest BCUT2D eigenvalue weighted by Crippen LogP contribution is 2.18. The van der Waals surface area contributed by atoms with Crippen molar-refractivity contribution >= 4 is 27.5 Å². The van der Waals surface area contributed by atoms with Crippen molar-refractivity contribution in [2.45, 2.75) is 0 Å². The van der Waals surface area contributed by atoms with E-state index < -0.39 is 5.91 Å². The van der Waals surface area contributed by atoms with E-state index in [9.17, 15) is 4.79 Å². The van der Waals surface area contributed by atoms with E-state index in [1.807, 2.05) is 12.1 Å². The molecule has 1 aromatic carbocycles. The van der Waals surface area contributed by atoms with Crippen LogP contribution in [0.5, 0.6) is 0 Å². The van der Waals surface area contributed by atoms with Crippen LogP contribution in [-0.4, -0.2) is 10.9 Å². The Bertz CT molecular complexity index is 758. The Kier molecular flexibility index (Phi) is 4.09. The zero-order valence-electron chi connectivity index (χ0n) is 10.1. The normalized spacial score (nSPS) is 9.35. The summed E-state index contributed by atoms with van der Waals surface area (Å²) in [6, 6.07) is 11.7. The van der Waals surface area contributed by atoms with Gasteiger partial charge in [-0.3, -0.25) is 4.79 Å². The lowest BCUT2D eigenvalue weighted by Crippen LogP contribution is -2.14. The van der Waals surface area contributed by atoms with Gasteiger partial charge in [0, 0.05) is 16.4 Å². The Morgan fingerprint density at radius 1 is 1.20 bits per heavy atom. The van der Waals surface area contributed by atoms with Crippen LogP contribution in [0.15, 0.2) is 41.0 Å². The Hall–Kier alpha value is -2.70. The second-order valence-corrected chi connectivity index (χ2v) is 4.63. The molecule has 0 radical (unpaired) electrons. The van der Waals surface area contributed by atoms with Gasteiger partial charge in [-0.05, 0) is 46.3 Å². The molecule has 96 valence electrons. The van der Waals surface area contributed by atoms with Gasteiger partial charge in [-0.1, -0.05) is 0 Å². The summed E-state index contributed by atoms with van der Waals surface area (Å²) in [5, 5.41) is 20.4. The largest absolute Gasteiger partial charge is 0.321 e. The maximum absolute atomic E-state index is 12.0. The number of aromatic nitrogens is 1. The van der Waals surface area contributed by atoms with Crippen molar-refractivity contribution in [3.05, 3.63) is 57.8 Å². The van der Waals surface area contributed by atoms with Gasteiger partial charge in [0.25, 0.3) is 5.91 Å². The van der Waals surface area contributed by atoms with E-state index >= 15 is 0 Å². The number of nitrogens with one attached hydrogen (secondary N) is 1. The fraction of sp³-hybridized carbons (Fsp3) is 0. The van der Waals surface area contributed by atoms with Gasteiger partial charge < -0.3 is 5.32 Å².